The minimum atomic E-state index is -0.786. The van der Waals surface area contributed by atoms with Crippen LogP contribution in [0.4, 0.5) is 15.3 Å². The molecular weight excluding hydrogens is 835 g/mol. The number of carbonyl (C=O) groups is 3. The molecule has 1 atom stereocenters. The molecule has 0 aliphatic carbocycles. The van der Waals surface area contributed by atoms with Crippen LogP contribution in [0.25, 0.3) is 16.9 Å². The van der Waals surface area contributed by atoms with Gasteiger partial charge in [0.15, 0.2) is 0 Å². The van der Waals surface area contributed by atoms with Crippen molar-refractivity contribution in [1.29, 1.82) is 0 Å². The number of fused-ring (bicyclic) bond motifs is 1. The number of rotatable bonds is 13. The molecule has 14 nitrogen and oxygen atoms in total. The molecule has 0 radical (unpaired) electrons. The number of imidazole rings is 1. The van der Waals surface area contributed by atoms with E-state index in [4.69, 9.17) is 14.2 Å². The van der Waals surface area contributed by atoms with E-state index in [1.807, 2.05) is 122 Å². The van der Waals surface area contributed by atoms with Gasteiger partial charge in [-0.05, 0) is 74.2 Å². The van der Waals surface area contributed by atoms with Crippen molar-refractivity contribution in [3.63, 3.8) is 0 Å². The third-order valence-electron chi connectivity index (χ3n) is 11.0. The fourth-order valence-corrected chi connectivity index (χ4v) is 7.81. The predicted octanol–water partition coefficient (Wildman–Crippen LogP) is 9.09. The van der Waals surface area contributed by atoms with Crippen LogP contribution in [-0.4, -0.2) is 53.7 Å². The van der Waals surface area contributed by atoms with E-state index in [2.05, 4.69) is 15.3 Å². The smallest absolute Gasteiger partial charge is 0.415 e. The van der Waals surface area contributed by atoms with Gasteiger partial charge in [-0.15, -0.1) is 0 Å². The number of carbonyl (C=O) groups excluding carboxylic acids is 3. The first kappa shape index (κ1) is 44.6. The summed E-state index contributed by atoms with van der Waals surface area (Å²) < 4.78 is 21.1. The molecule has 1 unspecified atom stereocenters. The number of benzene rings is 5. The fourth-order valence-electron chi connectivity index (χ4n) is 7.81. The van der Waals surface area contributed by atoms with E-state index in [-0.39, 0.29) is 50.8 Å². The second-order valence-electron chi connectivity index (χ2n) is 17.0. The maximum atomic E-state index is 14.9. The Labute approximate surface area is 383 Å². The summed E-state index contributed by atoms with van der Waals surface area (Å²) in [5.41, 5.74) is 4.40. The van der Waals surface area contributed by atoms with Gasteiger partial charge in [0.25, 0.3) is 5.91 Å². The van der Waals surface area contributed by atoms with Crippen molar-refractivity contribution in [2.45, 2.75) is 78.7 Å². The van der Waals surface area contributed by atoms with Crippen molar-refractivity contribution < 1.29 is 28.6 Å². The van der Waals surface area contributed by atoms with E-state index in [1.165, 1.54) is 25.3 Å². The predicted molar refractivity (Wildman–Crippen MR) is 250 cm³/mol. The number of nitrogens with zero attached hydrogens (tertiary/aromatic N) is 6. The molecule has 1 N–H and O–H groups in total. The lowest BCUT2D eigenvalue weighted by Gasteiger charge is -2.35. The van der Waals surface area contributed by atoms with Crippen LogP contribution in [0, 0.1) is 0 Å². The zero-order valence-electron chi connectivity index (χ0n) is 37.3. The lowest BCUT2D eigenvalue weighted by Crippen LogP contribution is -2.48. The SMILES string of the molecule is CC1Cn2c(c(C(=O)NCc3ccccc3-c3ccncn3)n(-c3ccc(OCc4ccccc4)c(N(Cc4ccccc4)C(=O)OCc4ccccc4)c3)c2=O)CN1C(=O)OC(C)(C)C. The normalized spacial score (nSPS) is 13.3. The summed E-state index contributed by atoms with van der Waals surface area (Å²) in [4.78, 5) is 69.4. The van der Waals surface area contributed by atoms with Gasteiger partial charge in [-0.25, -0.2) is 24.4 Å². The van der Waals surface area contributed by atoms with Gasteiger partial charge in [0.1, 0.15) is 36.6 Å². The summed E-state index contributed by atoms with van der Waals surface area (Å²) in [5, 5.41) is 3.06. The summed E-state index contributed by atoms with van der Waals surface area (Å²) in [6.45, 7) is 7.54. The molecule has 66 heavy (non-hydrogen) atoms. The van der Waals surface area contributed by atoms with Crippen molar-refractivity contribution in [3.05, 3.63) is 196 Å². The van der Waals surface area contributed by atoms with Gasteiger partial charge in [0, 0.05) is 24.8 Å². The maximum absolute atomic E-state index is 14.9. The maximum Gasteiger partial charge on any atom is 0.415 e. The van der Waals surface area contributed by atoms with E-state index in [0.717, 1.165) is 27.8 Å². The first-order valence-corrected chi connectivity index (χ1v) is 21.7. The van der Waals surface area contributed by atoms with Gasteiger partial charge < -0.3 is 19.5 Å². The average molecular weight is 886 g/mol. The molecule has 336 valence electrons. The Bertz CT molecular complexity index is 2860. The minimum absolute atomic E-state index is 0.00747. The second kappa shape index (κ2) is 19.8. The standard InChI is InChI=1S/C52H51N7O7/c1-36-30-57-45(32-56(36)51(63)66-52(2,3)4)47(48(60)54-29-40-22-14-15-23-42(40)43-26-27-53-35-55-43)59(49(57)61)41-24-25-46(64-33-38-18-10-6-11-19-38)44(28-41)58(31-37-16-8-5-9-17-37)50(62)65-34-39-20-12-7-13-21-39/h5-28,35-36H,29-34H2,1-4H3,(H,54,60). The van der Waals surface area contributed by atoms with E-state index in [9.17, 15) is 19.2 Å². The summed E-state index contributed by atoms with van der Waals surface area (Å²) in [7, 11) is 0. The van der Waals surface area contributed by atoms with E-state index >= 15 is 0 Å². The summed E-state index contributed by atoms with van der Waals surface area (Å²) >= 11 is 0. The van der Waals surface area contributed by atoms with Crippen LogP contribution >= 0.6 is 0 Å². The van der Waals surface area contributed by atoms with Crippen LogP contribution in [0.3, 0.4) is 0 Å². The molecule has 0 saturated carbocycles. The lowest BCUT2D eigenvalue weighted by atomic mass is 10.0. The highest BCUT2D eigenvalue weighted by atomic mass is 16.6. The molecule has 2 aromatic heterocycles. The molecular formula is C52H51N7O7. The van der Waals surface area contributed by atoms with Crippen LogP contribution in [0.1, 0.15) is 66.1 Å². The molecule has 1 aliphatic rings. The molecule has 0 bridgehead atoms. The van der Waals surface area contributed by atoms with Crippen molar-refractivity contribution in [2.24, 2.45) is 0 Å². The molecule has 3 heterocycles. The molecule has 14 heteroatoms. The number of aromatic nitrogens is 4. The molecule has 5 aromatic carbocycles. The highest BCUT2D eigenvalue weighted by Gasteiger charge is 2.37. The van der Waals surface area contributed by atoms with E-state index in [1.54, 1.807) is 51.2 Å². The van der Waals surface area contributed by atoms with Crippen LogP contribution in [-0.2, 0) is 48.9 Å². The van der Waals surface area contributed by atoms with Crippen LogP contribution < -0.4 is 20.6 Å². The van der Waals surface area contributed by atoms with Gasteiger partial charge >= 0.3 is 17.9 Å². The van der Waals surface area contributed by atoms with Gasteiger partial charge in [0.05, 0.1) is 41.9 Å². The number of nitrogens with one attached hydrogen (secondary N) is 1. The molecule has 0 fully saturated rings. The fraction of sp³-hybridized carbons (Fsp3) is 0.231. The highest BCUT2D eigenvalue weighted by molar-refractivity contribution is 5.95. The Morgan fingerprint density at radius 2 is 1.45 bits per heavy atom. The Kier molecular flexibility index (Phi) is 13.4. The van der Waals surface area contributed by atoms with Crippen molar-refractivity contribution in [2.75, 3.05) is 4.90 Å². The quantitative estimate of drug-likeness (QED) is 0.120. The molecule has 0 spiro atoms. The number of anilines is 1. The summed E-state index contributed by atoms with van der Waals surface area (Å²) in [6.07, 6.45) is 1.89. The lowest BCUT2D eigenvalue weighted by molar-refractivity contribution is 0.00950. The van der Waals surface area contributed by atoms with Crippen molar-refractivity contribution in [1.82, 2.24) is 29.3 Å². The number of amides is 3. The Balaban J connectivity index is 1.25. The minimum Gasteiger partial charge on any atom is -0.487 e. The van der Waals surface area contributed by atoms with Crippen LogP contribution in [0.15, 0.2) is 157 Å². The molecule has 1 aliphatic heterocycles. The summed E-state index contributed by atoms with van der Waals surface area (Å²) in [5.74, 6) is -0.226. The van der Waals surface area contributed by atoms with E-state index < -0.39 is 35.4 Å². The number of hydrogen-bond donors (Lipinski definition) is 1. The van der Waals surface area contributed by atoms with Crippen molar-refractivity contribution >= 4 is 23.8 Å². The first-order valence-electron chi connectivity index (χ1n) is 21.7. The molecule has 0 saturated heterocycles. The first-order chi connectivity index (χ1) is 31.9. The third kappa shape index (κ3) is 10.3. The second-order valence-corrected chi connectivity index (χ2v) is 17.0. The van der Waals surface area contributed by atoms with E-state index in [0.29, 0.717) is 22.8 Å². The number of hydrogen-bond acceptors (Lipinski definition) is 9. The van der Waals surface area contributed by atoms with Gasteiger partial charge in [-0.2, -0.15) is 0 Å². The molecule has 3 amide bonds. The molecule has 7 aromatic rings. The van der Waals surface area contributed by atoms with Crippen LogP contribution in [0.5, 0.6) is 5.75 Å². The van der Waals surface area contributed by atoms with Gasteiger partial charge in [-0.1, -0.05) is 115 Å². The highest BCUT2D eigenvalue weighted by Crippen LogP contribution is 2.35. The Morgan fingerprint density at radius 3 is 2.12 bits per heavy atom. The number of ether oxygens (including phenoxy) is 3. The van der Waals surface area contributed by atoms with Gasteiger partial charge in [-0.3, -0.25) is 23.7 Å². The Hall–Kier alpha value is -8.00. The largest absolute Gasteiger partial charge is 0.487 e. The molecule has 8 rings (SSSR count). The zero-order chi connectivity index (χ0) is 46.2. The summed E-state index contributed by atoms with van der Waals surface area (Å²) in [6, 6.07) is 42.4. The zero-order valence-corrected chi connectivity index (χ0v) is 37.3. The Morgan fingerprint density at radius 1 is 0.803 bits per heavy atom. The van der Waals surface area contributed by atoms with Crippen molar-refractivity contribution in [3.8, 4) is 22.7 Å². The van der Waals surface area contributed by atoms with Gasteiger partial charge in [0.2, 0.25) is 0 Å². The topological polar surface area (TPSA) is 150 Å². The van der Waals surface area contributed by atoms with Crippen LogP contribution in [0.2, 0.25) is 0 Å². The average Bonchev–Trinajstić information content (AvgIpc) is 3.61. The monoisotopic (exact) mass is 885 g/mol. The third-order valence-corrected chi connectivity index (χ3v) is 11.0.